The van der Waals surface area contributed by atoms with Crippen molar-refractivity contribution in [1.82, 2.24) is 14.8 Å². The Hall–Kier alpha value is -3.20. The Bertz CT molecular complexity index is 1180. The van der Waals surface area contributed by atoms with Gasteiger partial charge in [-0.05, 0) is 62.2 Å². The number of rotatable bonds is 6. The normalized spacial score (nSPS) is 11.8. The van der Waals surface area contributed by atoms with E-state index >= 15 is 0 Å². The van der Waals surface area contributed by atoms with E-state index in [0.29, 0.717) is 5.69 Å². The molecular formula is C22H19F3N4OS. The zero-order valence-electron chi connectivity index (χ0n) is 16.7. The number of alkyl halides is 3. The Kier molecular flexibility index (Phi) is 5.77. The standard InChI is InChI=1S/C22H19F3N4OS/c1-14(2)30-16-6-8-17(9-7-16)31-28-21-12-20(22(23,24)25)27-29(21)19-5-3-4-15-13-26-11-10-18(15)19/h3-14,28H,1-2H3. The number of aromatic nitrogens is 3. The Morgan fingerprint density at radius 1 is 1.06 bits per heavy atom. The molecule has 0 amide bonds. The molecule has 0 aliphatic carbocycles. The molecule has 0 aliphatic heterocycles. The minimum atomic E-state index is -4.56. The molecule has 2 aromatic heterocycles. The van der Waals surface area contributed by atoms with E-state index in [9.17, 15) is 13.2 Å². The summed E-state index contributed by atoms with van der Waals surface area (Å²) in [5.74, 6) is 0.942. The lowest BCUT2D eigenvalue weighted by atomic mass is 10.1. The van der Waals surface area contributed by atoms with Crippen LogP contribution in [0.1, 0.15) is 19.5 Å². The van der Waals surface area contributed by atoms with E-state index in [2.05, 4.69) is 14.8 Å². The number of halogens is 3. The number of pyridine rings is 1. The van der Waals surface area contributed by atoms with E-state index in [4.69, 9.17) is 4.74 Å². The summed E-state index contributed by atoms with van der Waals surface area (Å²) in [7, 11) is 0. The van der Waals surface area contributed by atoms with Crippen molar-refractivity contribution in [3.8, 4) is 11.4 Å². The highest BCUT2D eigenvalue weighted by Crippen LogP contribution is 2.34. The summed E-state index contributed by atoms with van der Waals surface area (Å²) in [6.07, 6.45) is -1.24. The van der Waals surface area contributed by atoms with Gasteiger partial charge in [0, 0.05) is 34.1 Å². The number of benzene rings is 2. The van der Waals surface area contributed by atoms with Crippen molar-refractivity contribution in [3.63, 3.8) is 0 Å². The van der Waals surface area contributed by atoms with Gasteiger partial charge in [0.15, 0.2) is 5.69 Å². The van der Waals surface area contributed by atoms with Crippen LogP contribution in [0, 0.1) is 0 Å². The van der Waals surface area contributed by atoms with Gasteiger partial charge in [-0.25, -0.2) is 4.68 Å². The van der Waals surface area contributed by atoms with E-state index < -0.39 is 11.9 Å². The molecular weight excluding hydrogens is 425 g/mol. The molecule has 4 rings (SSSR count). The molecule has 2 heterocycles. The molecule has 31 heavy (non-hydrogen) atoms. The van der Waals surface area contributed by atoms with Gasteiger partial charge >= 0.3 is 6.18 Å². The van der Waals surface area contributed by atoms with Crippen molar-refractivity contribution in [2.45, 2.75) is 31.0 Å². The fourth-order valence-corrected chi connectivity index (χ4v) is 3.68. The average molecular weight is 444 g/mol. The lowest BCUT2D eigenvalue weighted by Gasteiger charge is -2.12. The summed E-state index contributed by atoms with van der Waals surface area (Å²) in [6.45, 7) is 3.87. The molecule has 0 atom stereocenters. The molecule has 0 bridgehead atoms. The molecule has 0 aliphatic rings. The third kappa shape index (κ3) is 4.77. The van der Waals surface area contributed by atoms with E-state index in [0.717, 1.165) is 27.5 Å². The smallest absolute Gasteiger partial charge is 0.435 e. The molecule has 0 saturated carbocycles. The van der Waals surface area contributed by atoms with Gasteiger partial charge in [0.2, 0.25) is 0 Å². The van der Waals surface area contributed by atoms with Crippen LogP contribution in [0.25, 0.3) is 16.5 Å². The SMILES string of the molecule is CC(C)Oc1ccc(SNc2cc(C(F)(F)F)nn2-c2cccc3cnccc23)cc1. The van der Waals surface area contributed by atoms with Crippen LogP contribution >= 0.6 is 11.9 Å². The van der Waals surface area contributed by atoms with Crippen LogP contribution in [0.3, 0.4) is 0 Å². The van der Waals surface area contributed by atoms with Crippen molar-refractivity contribution >= 4 is 28.5 Å². The van der Waals surface area contributed by atoms with Gasteiger partial charge in [0.1, 0.15) is 11.6 Å². The summed E-state index contributed by atoms with van der Waals surface area (Å²) >= 11 is 1.19. The third-order valence-electron chi connectivity index (χ3n) is 4.35. The Morgan fingerprint density at radius 3 is 2.55 bits per heavy atom. The number of fused-ring (bicyclic) bond motifs is 1. The van der Waals surface area contributed by atoms with Crippen LogP contribution in [0.5, 0.6) is 5.75 Å². The molecule has 160 valence electrons. The molecule has 0 unspecified atom stereocenters. The number of anilines is 1. The first kappa shape index (κ1) is 21.0. The number of hydrogen-bond donors (Lipinski definition) is 1. The molecule has 0 fully saturated rings. The Morgan fingerprint density at radius 2 is 1.84 bits per heavy atom. The molecule has 0 radical (unpaired) electrons. The molecule has 2 aromatic carbocycles. The fraction of sp³-hybridized carbons (Fsp3) is 0.182. The maximum absolute atomic E-state index is 13.4. The van der Waals surface area contributed by atoms with E-state index in [1.54, 1.807) is 30.6 Å². The van der Waals surface area contributed by atoms with Crippen LogP contribution in [0.2, 0.25) is 0 Å². The van der Waals surface area contributed by atoms with Crippen molar-refractivity contribution in [3.05, 3.63) is 72.7 Å². The van der Waals surface area contributed by atoms with Gasteiger partial charge in [0.25, 0.3) is 0 Å². The Balaban J connectivity index is 1.66. The maximum atomic E-state index is 13.4. The molecule has 0 spiro atoms. The lowest BCUT2D eigenvalue weighted by Crippen LogP contribution is -2.07. The number of nitrogens with zero attached hydrogens (tertiary/aromatic N) is 3. The maximum Gasteiger partial charge on any atom is 0.435 e. The monoisotopic (exact) mass is 444 g/mol. The molecule has 1 N–H and O–H groups in total. The molecule has 0 saturated heterocycles. The van der Waals surface area contributed by atoms with Crippen LogP contribution in [0.15, 0.2) is 71.9 Å². The molecule has 9 heteroatoms. The highest BCUT2D eigenvalue weighted by atomic mass is 32.2. The van der Waals surface area contributed by atoms with Gasteiger partial charge in [-0.1, -0.05) is 12.1 Å². The first-order valence-corrected chi connectivity index (χ1v) is 10.3. The predicted molar refractivity (Wildman–Crippen MR) is 116 cm³/mol. The van der Waals surface area contributed by atoms with Gasteiger partial charge in [-0.15, -0.1) is 0 Å². The van der Waals surface area contributed by atoms with Crippen LogP contribution < -0.4 is 9.46 Å². The van der Waals surface area contributed by atoms with Gasteiger partial charge < -0.3 is 9.46 Å². The summed E-state index contributed by atoms with van der Waals surface area (Å²) in [5.41, 5.74) is -0.443. The average Bonchev–Trinajstić information content (AvgIpc) is 3.17. The fourth-order valence-electron chi connectivity index (χ4n) is 3.04. The third-order valence-corrected chi connectivity index (χ3v) is 5.17. The first-order valence-electron chi connectivity index (χ1n) is 9.51. The second-order valence-corrected chi connectivity index (χ2v) is 7.92. The number of ether oxygens (including phenoxy) is 1. The highest BCUT2D eigenvalue weighted by molar-refractivity contribution is 8.00. The van der Waals surface area contributed by atoms with Gasteiger partial charge in [0.05, 0.1) is 11.8 Å². The highest BCUT2D eigenvalue weighted by Gasteiger charge is 2.35. The second-order valence-electron chi connectivity index (χ2n) is 7.04. The summed E-state index contributed by atoms with van der Waals surface area (Å²) in [5, 5.41) is 5.39. The summed E-state index contributed by atoms with van der Waals surface area (Å²) in [6, 6.07) is 15.4. The second kappa shape index (κ2) is 8.50. The quantitative estimate of drug-likeness (QED) is 0.352. The van der Waals surface area contributed by atoms with E-state index in [1.807, 2.05) is 44.2 Å². The van der Waals surface area contributed by atoms with Crippen molar-refractivity contribution < 1.29 is 17.9 Å². The van der Waals surface area contributed by atoms with Gasteiger partial charge in [-0.2, -0.15) is 18.3 Å². The molecule has 4 aromatic rings. The van der Waals surface area contributed by atoms with Crippen molar-refractivity contribution in [2.24, 2.45) is 0 Å². The zero-order chi connectivity index (χ0) is 22.0. The van der Waals surface area contributed by atoms with E-state index in [1.165, 1.54) is 16.6 Å². The minimum absolute atomic E-state index is 0.0580. The largest absolute Gasteiger partial charge is 0.491 e. The topological polar surface area (TPSA) is 52.0 Å². The predicted octanol–water partition coefficient (Wildman–Crippen LogP) is 6.35. The zero-order valence-corrected chi connectivity index (χ0v) is 17.5. The van der Waals surface area contributed by atoms with E-state index in [-0.39, 0.29) is 11.9 Å². The Labute approximate surface area is 181 Å². The summed E-state index contributed by atoms with van der Waals surface area (Å²) < 4.78 is 50.1. The van der Waals surface area contributed by atoms with Crippen LogP contribution in [-0.2, 0) is 6.18 Å². The lowest BCUT2D eigenvalue weighted by molar-refractivity contribution is -0.141. The van der Waals surface area contributed by atoms with Crippen LogP contribution in [-0.4, -0.2) is 20.9 Å². The molecule has 5 nitrogen and oxygen atoms in total. The van der Waals surface area contributed by atoms with Crippen LogP contribution in [0.4, 0.5) is 19.0 Å². The first-order chi connectivity index (χ1) is 14.8. The van der Waals surface area contributed by atoms with Crippen molar-refractivity contribution in [2.75, 3.05) is 4.72 Å². The minimum Gasteiger partial charge on any atom is -0.491 e. The number of nitrogens with one attached hydrogen (secondary N) is 1. The number of hydrogen-bond acceptors (Lipinski definition) is 5. The van der Waals surface area contributed by atoms with Crippen molar-refractivity contribution in [1.29, 1.82) is 0 Å². The summed E-state index contributed by atoms with van der Waals surface area (Å²) in [4.78, 5) is 4.89. The van der Waals surface area contributed by atoms with Gasteiger partial charge in [-0.3, -0.25) is 4.98 Å².